The highest BCUT2D eigenvalue weighted by Crippen LogP contribution is 2.19. The van der Waals surface area contributed by atoms with Crippen LogP contribution >= 0.6 is 0 Å². The summed E-state index contributed by atoms with van der Waals surface area (Å²) in [6.45, 7) is 2.56. The summed E-state index contributed by atoms with van der Waals surface area (Å²) in [6.07, 6.45) is 4.60. The second-order valence-corrected chi connectivity index (χ2v) is 5.24. The number of nitrogens with one attached hydrogen (secondary N) is 2. The SMILES string of the molecule is CCOc1ccc(C(=O)NC2CCc3cn[nH]c3C2)cc1. The van der Waals surface area contributed by atoms with Gasteiger partial charge >= 0.3 is 0 Å². The van der Waals surface area contributed by atoms with E-state index in [-0.39, 0.29) is 11.9 Å². The molecule has 1 aliphatic carbocycles. The normalized spacial score (nSPS) is 17.1. The van der Waals surface area contributed by atoms with Crippen LogP contribution in [0.2, 0.25) is 0 Å². The Bertz CT molecular complexity index is 619. The predicted molar refractivity (Wildman–Crippen MR) is 79.5 cm³/mol. The molecule has 0 spiro atoms. The zero-order valence-corrected chi connectivity index (χ0v) is 12.1. The van der Waals surface area contributed by atoms with E-state index < -0.39 is 0 Å². The molecule has 5 heteroatoms. The minimum absolute atomic E-state index is 0.0361. The van der Waals surface area contributed by atoms with Crippen molar-refractivity contribution in [1.29, 1.82) is 0 Å². The molecule has 1 aliphatic rings. The fraction of sp³-hybridized carbons (Fsp3) is 0.375. The Balaban J connectivity index is 1.61. The lowest BCUT2D eigenvalue weighted by Crippen LogP contribution is -2.38. The summed E-state index contributed by atoms with van der Waals surface area (Å²) in [4.78, 5) is 12.3. The van der Waals surface area contributed by atoms with Gasteiger partial charge in [0.15, 0.2) is 0 Å². The number of H-pyrrole nitrogens is 1. The molecular weight excluding hydrogens is 266 g/mol. The van der Waals surface area contributed by atoms with Crippen molar-refractivity contribution in [1.82, 2.24) is 15.5 Å². The molecule has 110 valence electrons. The molecule has 1 heterocycles. The van der Waals surface area contributed by atoms with Gasteiger partial charge in [0, 0.05) is 23.7 Å². The van der Waals surface area contributed by atoms with Crippen molar-refractivity contribution in [3.63, 3.8) is 0 Å². The van der Waals surface area contributed by atoms with Crippen molar-refractivity contribution in [2.45, 2.75) is 32.2 Å². The molecule has 1 amide bonds. The summed E-state index contributed by atoms with van der Waals surface area (Å²) in [6, 6.07) is 7.41. The number of hydrogen-bond acceptors (Lipinski definition) is 3. The van der Waals surface area contributed by atoms with Crippen LogP contribution in [0.5, 0.6) is 5.75 Å². The molecule has 0 fully saturated rings. The van der Waals surface area contributed by atoms with E-state index in [0.29, 0.717) is 12.2 Å². The van der Waals surface area contributed by atoms with Gasteiger partial charge < -0.3 is 10.1 Å². The van der Waals surface area contributed by atoms with Crippen LogP contribution < -0.4 is 10.1 Å². The maximum Gasteiger partial charge on any atom is 0.251 e. The van der Waals surface area contributed by atoms with Gasteiger partial charge in [0.1, 0.15) is 5.75 Å². The molecule has 0 saturated carbocycles. The van der Waals surface area contributed by atoms with Crippen LogP contribution in [-0.2, 0) is 12.8 Å². The molecular formula is C16H19N3O2. The molecule has 2 N–H and O–H groups in total. The lowest BCUT2D eigenvalue weighted by molar-refractivity contribution is 0.0933. The second-order valence-electron chi connectivity index (χ2n) is 5.24. The Morgan fingerprint density at radius 2 is 2.24 bits per heavy atom. The van der Waals surface area contributed by atoms with Crippen LogP contribution in [-0.4, -0.2) is 28.8 Å². The molecule has 1 atom stereocenters. The Morgan fingerprint density at radius 1 is 1.43 bits per heavy atom. The third-order valence-electron chi connectivity index (χ3n) is 3.78. The third-order valence-corrected chi connectivity index (χ3v) is 3.78. The van der Waals surface area contributed by atoms with E-state index in [9.17, 15) is 4.79 Å². The number of aromatic amines is 1. The van der Waals surface area contributed by atoms with Gasteiger partial charge in [0.05, 0.1) is 12.8 Å². The summed E-state index contributed by atoms with van der Waals surface area (Å²) in [5.41, 5.74) is 3.06. The summed E-state index contributed by atoms with van der Waals surface area (Å²) < 4.78 is 5.38. The Labute approximate surface area is 123 Å². The Kier molecular flexibility index (Phi) is 3.90. The van der Waals surface area contributed by atoms with Crippen molar-refractivity contribution >= 4 is 5.91 Å². The zero-order chi connectivity index (χ0) is 14.7. The Morgan fingerprint density at radius 3 is 3.00 bits per heavy atom. The minimum Gasteiger partial charge on any atom is -0.494 e. The van der Waals surface area contributed by atoms with Crippen LogP contribution in [0, 0.1) is 0 Å². The standard InChI is InChI=1S/C16H19N3O2/c1-2-21-14-7-4-11(5-8-14)16(20)18-13-6-3-12-10-17-19-15(12)9-13/h4-5,7-8,10,13H,2-3,6,9H2,1H3,(H,17,19)(H,18,20). The lowest BCUT2D eigenvalue weighted by atomic mass is 9.93. The summed E-state index contributed by atoms with van der Waals surface area (Å²) in [7, 11) is 0. The minimum atomic E-state index is -0.0361. The maximum absolute atomic E-state index is 12.3. The van der Waals surface area contributed by atoms with Gasteiger partial charge in [-0.3, -0.25) is 9.89 Å². The van der Waals surface area contributed by atoms with Crippen LogP contribution in [0.1, 0.15) is 35.0 Å². The molecule has 1 unspecified atom stereocenters. The number of amides is 1. The van der Waals surface area contributed by atoms with Gasteiger partial charge in [-0.25, -0.2) is 0 Å². The molecule has 0 saturated heterocycles. The van der Waals surface area contributed by atoms with Crippen LogP contribution in [0.3, 0.4) is 0 Å². The van der Waals surface area contributed by atoms with E-state index in [2.05, 4.69) is 15.5 Å². The number of ether oxygens (including phenoxy) is 1. The third kappa shape index (κ3) is 3.07. The molecule has 21 heavy (non-hydrogen) atoms. The van der Waals surface area contributed by atoms with Crippen molar-refractivity contribution in [2.75, 3.05) is 6.61 Å². The van der Waals surface area contributed by atoms with Gasteiger partial charge in [0.2, 0.25) is 0 Å². The van der Waals surface area contributed by atoms with Crippen LogP contribution in [0.4, 0.5) is 0 Å². The highest BCUT2D eigenvalue weighted by atomic mass is 16.5. The first-order chi connectivity index (χ1) is 10.3. The van der Waals surface area contributed by atoms with Crippen molar-refractivity contribution in [2.24, 2.45) is 0 Å². The van der Waals surface area contributed by atoms with Crippen molar-refractivity contribution in [3.05, 3.63) is 47.3 Å². The number of carbonyl (C=O) groups is 1. The first kappa shape index (κ1) is 13.7. The molecule has 3 rings (SSSR count). The monoisotopic (exact) mass is 285 g/mol. The number of carbonyl (C=O) groups excluding carboxylic acids is 1. The molecule has 1 aromatic carbocycles. The van der Waals surface area contributed by atoms with E-state index in [1.165, 1.54) is 5.56 Å². The van der Waals surface area contributed by atoms with Crippen molar-refractivity contribution in [3.8, 4) is 5.75 Å². The van der Waals surface area contributed by atoms with Gasteiger partial charge in [0.25, 0.3) is 5.91 Å². The predicted octanol–water partition coefficient (Wildman–Crippen LogP) is 2.10. The number of rotatable bonds is 4. The average Bonchev–Trinajstić information content (AvgIpc) is 2.96. The number of benzene rings is 1. The molecule has 1 aromatic heterocycles. The van der Waals surface area contributed by atoms with Crippen LogP contribution in [0.15, 0.2) is 30.5 Å². The summed E-state index contributed by atoms with van der Waals surface area (Å²) >= 11 is 0. The van der Waals surface area contributed by atoms with E-state index in [1.807, 2.05) is 25.3 Å². The van der Waals surface area contributed by atoms with Crippen LogP contribution in [0.25, 0.3) is 0 Å². The number of hydrogen-bond donors (Lipinski definition) is 2. The Hall–Kier alpha value is -2.30. The maximum atomic E-state index is 12.3. The first-order valence-electron chi connectivity index (χ1n) is 7.31. The van der Waals surface area contributed by atoms with Gasteiger partial charge in [-0.05, 0) is 49.6 Å². The average molecular weight is 285 g/mol. The molecule has 5 nitrogen and oxygen atoms in total. The molecule has 0 radical (unpaired) electrons. The van der Waals surface area contributed by atoms with E-state index >= 15 is 0 Å². The lowest BCUT2D eigenvalue weighted by Gasteiger charge is -2.22. The van der Waals surface area contributed by atoms with Gasteiger partial charge in [-0.1, -0.05) is 0 Å². The molecule has 0 aliphatic heterocycles. The largest absolute Gasteiger partial charge is 0.494 e. The smallest absolute Gasteiger partial charge is 0.251 e. The quantitative estimate of drug-likeness (QED) is 0.904. The fourth-order valence-electron chi connectivity index (χ4n) is 2.67. The zero-order valence-electron chi connectivity index (χ0n) is 12.1. The fourth-order valence-corrected chi connectivity index (χ4v) is 2.67. The second kappa shape index (κ2) is 5.99. The highest BCUT2D eigenvalue weighted by molar-refractivity contribution is 5.94. The number of aromatic nitrogens is 2. The van der Waals surface area contributed by atoms with Gasteiger partial charge in [-0.15, -0.1) is 0 Å². The highest BCUT2D eigenvalue weighted by Gasteiger charge is 2.21. The van der Waals surface area contributed by atoms with E-state index in [0.717, 1.165) is 30.7 Å². The number of aryl methyl sites for hydroxylation is 1. The molecule has 2 aromatic rings. The van der Waals surface area contributed by atoms with Gasteiger partial charge in [-0.2, -0.15) is 5.10 Å². The number of fused-ring (bicyclic) bond motifs is 1. The molecule has 0 bridgehead atoms. The number of nitrogens with zero attached hydrogens (tertiary/aromatic N) is 1. The first-order valence-corrected chi connectivity index (χ1v) is 7.31. The van der Waals surface area contributed by atoms with Crippen molar-refractivity contribution < 1.29 is 9.53 Å². The van der Waals surface area contributed by atoms with E-state index in [1.54, 1.807) is 12.1 Å². The van der Waals surface area contributed by atoms with E-state index in [4.69, 9.17) is 4.74 Å². The topological polar surface area (TPSA) is 67.0 Å². The summed E-state index contributed by atoms with van der Waals surface area (Å²) in [5, 5.41) is 10.1. The summed E-state index contributed by atoms with van der Waals surface area (Å²) in [5.74, 6) is 0.750.